The van der Waals surface area contributed by atoms with E-state index in [9.17, 15) is 14.9 Å². The topological polar surface area (TPSA) is 88.0 Å². The highest BCUT2D eigenvalue weighted by Crippen LogP contribution is 2.25. The number of aromatic amines is 1. The van der Waals surface area contributed by atoms with Crippen LogP contribution in [0, 0.1) is 17.0 Å². The Balaban J connectivity index is 2.30. The van der Waals surface area contributed by atoms with Crippen LogP contribution in [0.3, 0.4) is 0 Å². The summed E-state index contributed by atoms with van der Waals surface area (Å²) in [6.45, 7) is 1.80. The maximum absolute atomic E-state index is 11.9. The number of hydrogen-bond donors (Lipinski definition) is 2. The van der Waals surface area contributed by atoms with Crippen molar-refractivity contribution in [2.24, 2.45) is 0 Å². The average molecular weight is 324 g/mol. The number of H-pyrrole nitrogens is 1. The normalized spacial score (nSPS) is 10.2. The number of rotatable bonds is 3. The molecule has 0 saturated carbocycles. The minimum atomic E-state index is -0.528. The number of nitrogens with zero attached hydrogens (tertiary/aromatic N) is 1. The van der Waals surface area contributed by atoms with E-state index in [4.69, 9.17) is 0 Å². The van der Waals surface area contributed by atoms with Crippen LogP contribution in [-0.2, 0) is 0 Å². The molecule has 6 nitrogen and oxygen atoms in total. The van der Waals surface area contributed by atoms with Gasteiger partial charge < -0.3 is 10.3 Å². The molecule has 0 fully saturated rings. The second-order valence-corrected chi connectivity index (χ2v) is 4.88. The first-order chi connectivity index (χ1) is 8.97. The summed E-state index contributed by atoms with van der Waals surface area (Å²) in [5.41, 5.74) is 1.20. The Labute approximate surface area is 117 Å². The third-order valence-corrected chi connectivity index (χ3v) is 2.95. The molecule has 0 atom stereocenters. The molecule has 0 bridgehead atoms. The summed E-state index contributed by atoms with van der Waals surface area (Å²) in [5, 5.41) is 13.4. The SMILES string of the molecule is Cc1ccc([N+](=O)[O-])c(NC(=O)c2cc(Br)c[nH]2)c1. The molecule has 0 aliphatic heterocycles. The van der Waals surface area contributed by atoms with Crippen LogP contribution < -0.4 is 5.32 Å². The zero-order chi connectivity index (χ0) is 14.0. The Morgan fingerprint density at radius 3 is 2.74 bits per heavy atom. The Hall–Kier alpha value is -2.15. The van der Waals surface area contributed by atoms with Crippen molar-refractivity contribution in [3.8, 4) is 0 Å². The van der Waals surface area contributed by atoms with Gasteiger partial charge in [-0.1, -0.05) is 6.07 Å². The fourth-order valence-electron chi connectivity index (χ4n) is 1.60. The van der Waals surface area contributed by atoms with E-state index in [1.165, 1.54) is 6.07 Å². The molecule has 2 rings (SSSR count). The van der Waals surface area contributed by atoms with Crippen molar-refractivity contribution < 1.29 is 9.72 Å². The molecule has 2 N–H and O–H groups in total. The Kier molecular flexibility index (Phi) is 3.66. The van der Waals surface area contributed by atoms with Crippen LogP contribution in [0.5, 0.6) is 0 Å². The van der Waals surface area contributed by atoms with Gasteiger partial charge in [0.2, 0.25) is 0 Å². The standard InChI is InChI=1S/C12H10BrN3O3/c1-7-2-3-11(16(18)19)9(4-7)15-12(17)10-5-8(13)6-14-10/h2-6,14H,1H3,(H,15,17). The Morgan fingerprint density at radius 2 is 2.16 bits per heavy atom. The molecule has 7 heteroatoms. The van der Waals surface area contributed by atoms with E-state index in [0.717, 1.165) is 10.0 Å². The van der Waals surface area contributed by atoms with Gasteiger partial charge in [-0.05, 0) is 40.5 Å². The van der Waals surface area contributed by atoms with Crippen molar-refractivity contribution in [1.82, 2.24) is 4.98 Å². The van der Waals surface area contributed by atoms with E-state index in [2.05, 4.69) is 26.2 Å². The van der Waals surface area contributed by atoms with E-state index in [1.54, 1.807) is 31.3 Å². The Bertz CT molecular complexity index is 651. The average Bonchev–Trinajstić information content (AvgIpc) is 2.75. The molecule has 98 valence electrons. The molecule has 0 radical (unpaired) electrons. The second kappa shape index (κ2) is 5.23. The fraction of sp³-hybridized carbons (Fsp3) is 0.0833. The van der Waals surface area contributed by atoms with Crippen LogP contribution in [0.1, 0.15) is 16.1 Å². The molecule has 1 amide bonds. The van der Waals surface area contributed by atoms with Gasteiger partial charge in [-0.2, -0.15) is 0 Å². The van der Waals surface area contributed by atoms with Gasteiger partial charge >= 0.3 is 0 Å². The number of benzene rings is 1. The molecule has 0 aliphatic carbocycles. The molecule has 19 heavy (non-hydrogen) atoms. The fourth-order valence-corrected chi connectivity index (χ4v) is 1.94. The van der Waals surface area contributed by atoms with Crippen molar-refractivity contribution >= 4 is 33.2 Å². The summed E-state index contributed by atoms with van der Waals surface area (Å²) in [4.78, 5) is 25.1. The zero-order valence-electron chi connectivity index (χ0n) is 9.94. The first-order valence-corrected chi connectivity index (χ1v) is 6.17. The van der Waals surface area contributed by atoms with Crippen LogP contribution in [0.15, 0.2) is 34.9 Å². The molecule has 1 aromatic heterocycles. The van der Waals surface area contributed by atoms with Gasteiger partial charge in [-0.3, -0.25) is 14.9 Å². The Morgan fingerprint density at radius 1 is 1.42 bits per heavy atom. The van der Waals surface area contributed by atoms with E-state index in [1.807, 2.05) is 0 Å². The summed E-state index contributed by atoms with van der Waals surface area (Å²) in [6.07, 6.45) is 1.61. The predicted octanol–water partition coefficient (Wildman–Crippen LogP) is 3.25. The van der Waals surface area contributed by atoms with Crippen LogP contribution >= 0.6 is 15.9 Å². The molecule has 2 aromatic rings. The van der Waals surface area contributed by atoms with Crippen molar-refractivity contribution in [3.05, 3.63) is 56.3 Å². The number of aryl methyl sites for hydroxylation is 1. The number of hydrogen-bond acceptors (Lipinski definition) is 3. The minimum Gasteiger partial charge on any atom is -0.356 e. The first kappa shape index (κ1) is 13.3. The highest BCUT2D eigenvalue weighted by atomic mass is 79.9. The summed E-state index contributed by atoms with van der Waals surface area (Å²) in [6, 6.07) is 6.15. The lowest BCUT2D eigenvalue weighted by Crippen LogP contribution is -2.13. The van der Waals surface area contributed by atoms with E-state index in [0.29, 0.717) is 5.69 Å². The maximum atomic E-state index is 11.9. The van der Waals surface area contributed by atoms with Crippen molar-refractivity contribution in [2.75, 3.05) is 5.32 Å². The van der Waals surface area contributed by atoms with Crippen LogP contribution in [0.4, 0.5) is 11.4 Å². The summed E-state index contributed by atoms with van der Waals surface area (Å²) in [5.74, 6) is -0.431. The molecule has 0 aliphatic rings. The number of carbonyl (C=O) groups excluding carboxylic acids is 1. The third-order valence-electron chi connectivity index (χ3n) is 2.49. The van der Waals surface area contributed by atoms with Gasteiger partial charge in [0, 0.05) is 16.7 Å². The lowest BCUT2D eigenvalue weighted by Gasteiger charge is -2.05. The summed E-state index contributed by atoms with van der Waals surface area (Å²) < 4.78 is 0.733. The van der Waals surface area contributed by atoms with Crippen LogP contribution in [0.2, 0.25) is 0 Å². The zero-order valence-corrected chi connectivity index (χ0v) is 11.5. The number of amides is 1. The number of anilines is 1. The van der Waals surface area contributed by atoms with E-state index in [-0.39, 0.29) is 11.4 Å². The van der Waals surface area contributed by atoms with Gasteiger partial charge in [-0.25, -0.2) is 0 Å². The summed E-state index contributed by atoms with van der Waals surface area (Å²) >= 11 is 3.22. The predicted molar refractivity (Wildman–Crippen MR) is 74.3 cm³/mol. The molecule has 1 aromatic carbocycles. The highest BCUT2D eigenvalue weighted by Gasteiger charge is 2.17. The second-order valence-electron chi connectivity index (χ2n) is 3.96. The first-order valence-electron chi connectivity index (χ1n) is 5.37. The molecule has 0 unspecified atom stereocenters. The lowest BCUT2D eigenvalue weighted by atomic mass is 10.2. The molecular formula is C12H10BrN3O3. The van der Waals surface area contributed by atoms with Crippen molar-refractivity contribution in [3.63, 3.8) is 0 Å². The maximum Gasteiger partial charge on any atom is 0.292 e. The van der Waals surface area contributed by atoms with E-state index >= 15 is 0 Å². The smallest absolute Gasteiger partial charge is 0.292 e. The van der Waals surface area contributed by atoms with Crippen LogP contribution in [0.25, 0.3) is 0 Å². The summed E-state index contributed by atoms with van der Waals surface area (Å²) in [7, 11) is 0. The molecule has 0 saturated heterocycles. The molecule has 1 heterocycles. The number of aromatic nitrogens is 1. The van der Waals surface area contributed by atoms with Gasteiger partial charge in [0.1, 0.15) is 11.4 Å². The quantitative estimate of drug-likeness (QED) is 0.671. The van der Waals surface area contributed by atoms with Gasteiger partial charge in [0.25, 0.3) is 11.6 Å². The third kappa shape index (κ3) is 3.00. The van der Waals surface area contributed by atoms with Gasteiger partial charge in [0.15, 0.2) is 0 Å². The number of carbonyl (C=O) groups is 1. The van der Waals surface area contributed by atoms with Gasteiger partial charge in [-0.15, -0.1) is 0 Å². The number of halogens is 1. The molecule has 0 spiro atoms. The number of nitro groups is 1. The monoisotopic (exact) mass is 323 g/mol. The minimum absolute atomic E-state index is 0.135. The largest absolute Gasteiger partial charge is 0.356 e. The van der Waals surface area contributed by atoms with Crippen LogP contribution in [-0.4, -0.2) is 15.8 Å². The number of nitro benzene ring substituents is 1. The van der Waals surface area contributed by atoms with E-state index < -0.39 is 10.8 Å². The van der Waals surface area contributed by atoms with Crippen molar-refractivity contribution in [2.45, 2.75) is 6.92 Å². The highest BCUT2D eigenvalue weighted by molar-refractivity contribution is 9.10. The van der Waals surface area contributed by atoms with Gasteiger partial charge in [0.05, 0.1) is 4.92 Å². The number of nitrogens with one attached hydrogen (secondary N) is 2. The van der Waals surface area contributed by atoms with Crippen molar-refractivity contribution in [1.29, 1.82) is 0 Å². The molecular weight excluding hydrogens is 314 g/mol. The lowest BCUT2D eigenvalue weighted by molar-refractivity contribution is -0.383.